The van der Waals surface area contributed by atoms with Gasteiger partial charge in [-0.2, -0.15) is 5.10 Å². The number of carboxylic acid groups (broad SMARTS) is 1. The Balaban J connectivity index is 1.12. The minimum Gasteiger partial charge on any atom is -0.490 e. The molecular formula is C36H37N5O3. The van der Waals surface area contributed by atoms with Crippen LogP contribution in [0, 0.1) is 5.92 Å². The summed E-state index contributed by atoms with van der Waals surface area (Å²) in [7, 11) is 0. The highest BCUT2D eigenvalue weighted by atomic mass is 16.5. The summed E-state index contributed by atoms with van der Waals surface area (Å²) in [6.07, 6.45) is 10.8. The molecule has 0 bridgehead atoms. The molecule has 44 heavy (non-hydrogen) atoms. The van der Waals surface area contributed by atoms with Gasteiger partial charge in [0, 0.05) is 18.0 Å². The van der Waals surface area contributed by atoms with Crippen LogP contribution in [0.1, 0.15) is 84.6 Å². The lowest BCUT2D eigenvalue weighted by atomic mass is 9.86. The second kappa shape index (κ2) is 12.1. The maximum Gasteiger partial charge on any atom is 0.339 e. The van der Waals surface area contributed by atoms with Crippen LogP contribution >= 0.6 is 0 Å². The Morgan fingerprint density at radius 1 is 0.955 bits per heavy atom. The zero-order chi connectivity index (χ0) is 30.0. The summed E-state index contributed by atoms with van der Waals surface area (Å²) in [6, 6.07) is 26.5. The molecule has 0 radical (unpaired) electrons. The highest BCUT2D eigenvalue weighted by molar-refractivity contribution is 5.89. The van der Waals surface area contributed by atoms with Gasteiger partial charge in [-0.3, -0.25) is 0 Å². The van der Waals surface area contributed by atoms with Crippen molar-refractivity contribution in [3.05, 3.63) is 114 Å². The SMILES string of the molecule is C[C@H](Oc1cccc(-c2cccc(-n3ncc(C(=O)O)c3C3CC3c3cn(Cc4ccccc4)nn3)c2)c1)C1CCCCC1. The van der Waals surface area contributed by atoms with Gasteiger partial charge in [0.15, 0.2) is 0 Å². The fourth-order valence-corrected chi connectivity index (χ4v) is 6.72. The van der Waals surface area contributed by atoms with Crippen molar-refractivity contribution < 1.29 is 14.6 Å². The van der Waals surface area contributed by atoms with Crippen LogP contribution < -0.4 is 4.74 Å². The van der Waals surface area contributed by atoms with Gasteiger partial charge in [0.25, 0.3) is 0 Å². The molecule has 2 aromatic heterocycles. The Labute approximate surface area is 257 Å². The summed E-state index contributed by atoms with van der Waals surface area (Å²) in [5.41, 5.74) is 5.85. The van der Waals surface area contributed by atoms with Crippen LogP contribution in [0.3, 0.4) is 0 Å². The number of rotatable bonds is 10. The van der Waals surface area contributed by atoms with E-state index in [2.05, 4.69) is 58.7 Å². The van der Waals surface area contributed by atoms with Crippen molar-refractivity contribution in [3.63, 3.8) is 0 Å². The molecule has 0 aliphatic heterocycles. The molecular weight excluding hydrogens is 550 g/mol. The third-order valence-corrected chi connectivity index (χ3v) is 9.20. The molecule has 7 rings (SSSR count). The first-order valence-corrected chi connectivity index (χ1v) is 15.7. The summed E-state index contributed by atoms with van der Waals surface area (Å²) in [6.45, 7) is 2.83. The van der Waals surface area contributed by atoms with E-state index in [-0.39, 0.29) is 23.5 Å². The molecule has 1 N–H and O–H groups in total. The maximum absolute atomic E-state index is 12.3. The predicted molar refractivity (Wildman–Crippen MR) is 168 cm³/mol. The Kier molecular flexibility index (Phi) is 7.73. The van der Waals surface area contributed by atoms with E-state index in [0.29, 0.717) is 18.2 Å². The van der Waals surface area contributed by atoms with Crippen molar-refractivity contribution in [2.45, 2.75) is 69.9 Å². The minimum absolute atomic E-state index is 0.00728. The third kappa shape index (κ3) is 5.89. The number of aromatic carboxylic acids is 1. The summed E-state index contributed by atoms with van der Waals surface area (Å²) in [5.74, 6) is 0.596. The van der Waals surface area contributed by atoms with Gasteiger partial charge in [-0.25, -0.2) is 14.2 Å². The van der Waals surface area contributed by atoms with Gasteiger partial charge in [-0.05, 0) is 73.1 Å². The monoisotopic (exact) mass is 587 g/mol. The number of nitrogens with zero attached hydrogens (tertiary/aromatic N) is 5. The molecule has 3 atom stereocenters. The molecule has 0 saturated heterocycles. The summed E-state index contributed by atoms with van der Waals surface area (Å²) >= 11 is 0. The average molecular weight is 588 g/mol. The molecule has 2 aliphatic carbocycles. The molecule has 2 saturated carbocycles. The van der Waals surface area contributed by atoms with Gasteiger partial charge in [-0.1, -0.05) is 79.1 Å². The van der Waals surface area contributed by atoms with Crippen molar-refractivity contribution >= 4 is 5.97 Å². The molecule has 5 aromatic rings. The van der Waals surface area contributed by atoms with Gasteiger partial charge in [0.1, 0.15) is 11.3 Å². The first kappa shape index (κ1) is 28.1. The number of ether oxygens (including phenoxy) is 1. The fourth-order valence-electron chi connectivity index (χ4n) is 6.72. The fraction of sp³-hybridized carbons (Fsp3) is 0.333. The lowest BCUT2D eigenvalue weighted by Gasteiger charge is -2.28. The standard InChI is InChI=1S/C36H37N5O3/c1-24(26-12-6-3-7-13-26)44-30-17-9-15-28(19-30)27-14-8-16-29(18-27)41-35(33(21-37-41)36(42)43)32-20-31(32)34-23-40(39-38-34)22-25-10-4-2-5-11-25/h2,4-5,8-11,14-19,21,23-24,26,31-32H,3,6-7,12-13,20,22H2,1H3,(H,42,43)/t24-,31?,32?/m0/s1. The molecule has 8 nitrogen and oxygen atoms in total. The lowest BCUT2D eigenvalue weighted by Crippen LogP contribution is -2.25. The molecule has 0 amide bonds. The molecule has 224 valence electrons. The number of hydrogen-bond donors (Lipinski definition) is 1. The van der Waals surface area contributed by atoms with E-state index in [0.717, 1.165) is 40.2 Å². The molecule has 3 aromatic carbocycles. The van der Waals surface area contributed by atoms with Crippen molar-refractivity contribution in [1.82, 2.24) is 24.8 Å². The first-order valence-electron chi connectivity index (χ1n) is 15.7. The number of carbonyl (C=O) groups is 1. The number of hydrogen-bond acceptors (Lipinski definition) is 5. The van der Waals surface area contributed by atoms with Crippen LogP contribution in [0.25, 0.3) is 16.8 Å². The summed E-state index contributed by atoms with van der Waals surface area (Å²) < 4.78 is 10.0. The molecule has 0 spiro atoms. The van der Waals surface area contributed by atoms with Gasteiger partial charge < -0.3 is 9.84 Å². The molecule has 2 unspecified atom stereocenters. The van der Waals surface area contributed by atoms with E-state index in [1.807, 2.05) is 53.3 Å². The van der Waals surface area contributed by atoms with Crippen LogP contribution in [-0.2, 0) is 6.54 Å². The van der Waals surface area contributed by atoms with Crippen LogP contribution in [0.4, 0.5) is 0 Å². The van der Waals surface area contributed by atoms with Crippen molar-refractivity contribution in [1.29, 1.82) is 0 Å². The van der Waals surface area contributed by atoms with E-state index < -0.39 is 5.97 Å². The van der Waals surface area contributed by atoms with Crippen molar-refractivity contribution in [2.24, 2.45) is 5.92 Å². The number of carboxylic acids is 1. The molecule has 2 fully saturated rings. The third-order valence-electron chi connectivity index (χ3n) is 9.20. The van der Waals surface area contributed by atoms with Gasteiger partial charge in [0.05, 0.1) is 35.9 Å². The largest absolute Gasteiger partial charge is 0.490 e. The van der Waals surface area contributed by atoms with Crippen molar-refractivity contribution in [2.75, 3.05) is 0 Å². The van der Waals surface area contributed by atoms with E-state index in [9.17, 15) is 9.90 Å². The van der Waals surface area contributed by atoms with Crippen molar-refractivity contribution in [3.8, 4) is 22.6 Å². The summed E-state index contributed by atoms with van der Waals surface area (Å²) in [4.78, 5) is 12.3. The first-order chi connectivity index (χ1) is 21.5. The minimum atomic E-state index is -0.974. The highest BCUT2D eigenvalue weighted by Crippen LogP contribution is 2.55. The molecule has 2 aliphatic rings. The zero-order valence-corrected chi connectivity index (χ0v) is 24.9. The quantitative estimate of drug-likeness (QED) is 0.182. The molecule has 2 heterocycles. The van der Waals surface area contributed by atoms with E-state index in [1.54, 1.807) is 4.68 Å². The van der Waals surface area contributed by atoms with E-state index in [4.69, 9.17) is 4.74 Å². The van der Waals surface area contributed by atoms with Gasteiger partial charge in [0.2, 0.25) is 0 Å². The second-order valence-corrected chi connectivity index (χ2v) is 12.2. The smallest absolute Gasteiger partial charge is 0.339 e. The van der Waals surface area contributed by atoms with Crippen LogP contribution in [0.2, 0.25) is 0 Å². The highest BCUT2D eigenvalue weighted by Gasteiger charge is 2.46. The Morgan fingerprint density at radius 3 is 2.52 bits per heavy atom. The van der Waals surface area contributed by atoms with Crippen LogP contribution in [-0.4, -0.2) is 42.0 Å². The summed E-state index contributed by atoms with van der Waals surface area (Å²) in [5, 5.41) is 23.4. The average Bonchev–Trinajstić information content (AvgIpc) is 3.47. The number of aromatic nitrogens is 5. The Hall–Kier alpha value is -4.72. The zero-order valence-electron chi connectivity index (χ0n) is 24.9. The normalized spacial score (nSPS) is 19.0. The lowest BCUT2D eigenvalue weighted by molar-refractivity contribution is 0.0695. The number of benzene rings is 3. The Morgan fingerprint density at radius 2 is 1.73 bits per heavy atom. The predicted octanol–water partition coefficient (Wildman–Crippen LogP) is 7.50. The topological polar surface area (TPSA) is 95.1 Å². The van der Waals surface area contributed by atoms with Gasteiger partial charge >= 0.3 is 5.97 Å². The van der Waals surface area contributed by atoms with E-state index >= 15 is 0 Å². The van der Waals surface area contributed by atoms with E-state index in [1.165, 1.54) is 38.3 Å². The van der Waals surface area contributed by atoms with Crippen LogP contribution in [0.5, 0.6) is 5.75 Å². The Bertz CT molecular complexity index is 1750. The van der Waals surface area contributed by atoms with Crippen LogP contribution in [0.15, 0.2) is 91.3 Å². The second-order valence-electron chi connectivity index (χ2n) is 12.2. The maximum atomic E-state index is 12.3. The molecule has 8 heteroatoms. The van der Waals surface area contributed by atoms with Gasteiger partial charge in [-0.15, -0.1) is 5.10 Å².